The van der Waals surface area contributed by atoms with Crippen molar-refractivity contribution in [2.24, 2.45) is 0 Å². The monoisotopic (exact) mass is 299 g/mol. The predicted octanol–water partition coefficient (Wildman–Crippen LogP) is 0.886. The molecule has 0 aliphatic carbocycles. The lowest BCUT2D eigenvalue weighted by Crippen LogP contribution is -2.37. The number of hydrogen-bond acceptors (Lipinski definition) is 5. The summed E-state index contributed by atoms with van der Waals surface area (Å²) < 4.78 is 6.37. The summed E-state index contributed by atoms with van der Waals surface area (Å²) in [6, 6.07) is 1.26. The van der Waals surface area contributed by atoms with E-state index in [4.69, 9.17) is 4.74 Å². The molecular formula is C13H21N3O5. The molecule has 0 aliphatic heterocycles. The zero-order valence-corrected chi connectivity index (χ0v) is 12.5. The average Bonchev–Trinajstić information content (AvgIpc) is 2.82. The summed E-state index contributed by atoms with van der Waals surface area (Å²) in [5.41, 5.74) is 0.133. The second kappa shape index (κ2) is 7.75. The number of methoxy groups -OCH3 is 1. The topological polar surface area (TPSA) is 97.8 Å². The van der Waals surface area contributed by atoms with Crippen LogP contribution in [-0.2, 0) is 11.3 Å². The second-order valence-corrected chi connectivity index (χ2v) is 4.83. The molecule has 118 valence electrons. The smallest absolute Gasteiger partial charge is 0.287 e. The molecule has 0 aromatic carbocycles. The van der Waals surface area contributed by atoms with Crippen LogP contribution in [0.4, 0.5) is 5.69 Å². The molecule has 0 saturated carbocycles. The molecule has 0 fully saturated rings. The van der Waals surface area contributed by atoms with E-state index in [1.165, 1.54) is 31.3 Å². The van der Waals surface area contributed by atoms with Gasteiger partial charge in [-0.2, -0.15) is 0 Å². The summed E-state index contributed by atoms with van der Waals surface area (Å²) >= 11 is 0. The van der Waals surface area contributed by atoms with Crippen molar-refractivity contribution in [1.82, 2.24) is 9.47 Å². The number of aliphatic hydroxyl groups is 1. The molecule has 0 aliphatic rings. The number of carbonyl (C=O) groups is 1. The average molecular weight is 299 g/mol. The van der Waals surface area contributed by atoms with Gasteiger partial charge >= 0.3 is 0 Å². The second-order valence-electron chi connectivity index (χ2n) is 4.83. The van der Waals surface area contributed by atoms with Crippen LogP contribution in [0, 0.1) is 10.1 Å². The van der Waals surface area contributed by atoms with Crippen LogP contribution < -0.4 is 0 Å². The number of amides is 1. The van der Waals surface area contributed by atoms with Gasteiger partial charge in [0.05, 0.1) is 23.8 Å². The molecule has 1 unspecified atom stereocenters. The zero-order chi connectivity index (χ0) is 16.0. The maximum atomic E-state index is 12.3. The Bertz CT molecular complexity index is 500. The fraction of sp³-hybridized carbons (Fsp3) is 0.615. The molecular weight excluding hydrogens is 278 g/mol. The molecule has 0 bridgehead atoms. The number of aromatic nitrogens is 1. The minimum Gasteiger partial charge on any atom is -0.389 e. The van der Waals surface area contributed by atoms with Gasteiger partial charge in [0.25, 0.3) is 11.6 Å². The number of nitro groups is 1. The molecule has 1 heterocycles. The van der Waals surface area contributed by atoms with Crippen LogP contribution in [0.25, 0.3) is 0 Å². The minimum absolute atomic E-state index is 0.0950. The summed E-state index contributed by atoms with van der Waals surface area (Å²) in [4.78, 5) is 24.0. The van der Waals surface area contributed by atoms with Gasteiger partial charge in [0.15, 0.2) is 0 Å². The van der Waals surface area contributed by atoms with E-state index in [0.29, 0.717) is 6.54 Å². The lowest BCUT2D eigenvalue weighted by Gasteiger charge is -2.21. The Labute approximate surface area is 123 Å². The van der Waals surface area contributed by atoms with E-state index in [2.05, 4.69) is 0 Å². The number of hydrogen-bond donors (Lipinski definition) is 1. The highest BCUT2D eigenvalue weighted by Crippen LogP contribution is 2.18. The summed E-state index contributed by atoms with van der Waals surface area (Å²) in [5.74, 6) is -0.369. The summed E-state index contributed by atoms with van der Waals surface area (Å²) in [6.45, 7) is 2.65. The third-order valence-electron chi connectivity index (χ3n) is 2.97. The van der Waals surface area contributed by atoms with Crippen molar-refractivity contribution in [3.8, 4) is 0 Å². The number of likely N-dealkylation sites (N-methyl/N-ethyl adjacent to an activating group) is 1. The van der Waals surface area contributed by atoms with Crippen LogP contribution in [0.3, 0.4) is 0 Å². The molecule has 1 rings (SSSR count). The Morgan fingerprint density at radius 1 is 1.62 bits per heavy atom. The molecule has 8 heteroatoms. The van der Waals surface area contributed by atoms with Gasteiger partial charge in [0.2, 0.25) is 0 Å². The number of aliphatic hydroxyl groups excluding tert-OH is 1. The number of rotatable bonds is 8. The van der Waals surface area contributed by atoms with Crippen LogP contribution in [-0.4, -0.2) is 58.8 Å². The predicted molar refractivity (Wildman–Crippen MR) is 76.2 cm³/mol. The largest absolute Gasteiger partial charge is 0.389 e. The van der Waals surface area contributed by atoms with Crippen molar-refractivity contribution in [2.45, 2.75) is 26.0 Å². The first-order valence-corrected chi connectivity index (χ1v) is 6.67. The highest BCUT2D eigenvalue weighted by atomic mass is 16.6. The van der Waals surface area contributed by atoms with Crippen molar-refractivity contribution in [2.75, 3.05) is 27.3 Å². The third kappa shape index (κ3) is 4.54. The Hall–Kier alpha value is -1.93. The van der Waals surface area contributed by atoms with Crippen LogP contribution in [0.1, 0.15) is 23.8 Å². The summed E-state index contributed by atoms with van der Waals surface area (Å²) in [5, 5.41) is 20.5. The van der Waals surface area contributed by atoms with Gasteiger partial charge in [-0.05, 0) is 6.42 Å². The van der Waals surface area contributed by atoms with Crippen LogP contribution in [0.15, 0.2) is 12.3 Å². The number of nitrogens with zero attached hydrogens (tertiary/aromatic N) is 3. The Kier molecular flexibility index (Phi) is 6.32. The van der Waals surface area contributed by atoms with E-state index in [1.54, 1.807) is 4.57 Å². The van der Waals surface area contributed by atoms with E-state index < -0.39 is 11.0 Å². The van der Waals surface area contributed by atoms with Gasteiger partial charge in [-0.1, -0.05) is 6.92 Å². The lowest BCUT2D eigenvalue weighted by atomic mass is 10.3. The molecule has 8 nitrogen and oxygen atoms in total. The van der Waals surface area contributed by atoms with Gasteiger partial charge in [0.1, 0.15) is 5.69 Å². The fourth-order valence-corrected chi connectivity index (χ4v) is 2.04. The lowest BCUT2D eigenvalue weighted by molar-refractivity contribution is -0.384. The maximum Gasteiger partial charge on any atom is 0.287 e. The van der Waals surface area contributed by atoms with Gasteiger partial charge in [-0.25, -0.2) is 0 Å². The summed E-state index contributed by atoms with van der Waals surface area (Å²) in [6.07, 6.45) is 1.31. The maximum absolute atomic E-state index is 12.3. The molecule has 21 heavy (non-hydrogen) atoms. The van der Waals surface area contributed by atoms with E-state index in [-0.39, 0.29) is 30.4 Å². The number of carbonyl (C=O) groups excluding carboxylic acids is 1. The van der Waals surface area contributed by atoms with Crippen LogP contribution in [0.5, 0.6) is 0 Å². The van der Waals surface area contributed by atoms with Crippen molar-refractivity contribution >= 4 is 11.6 Å². The van der Waals surface area contributed by atoms with E-state index in [9.17, 15) is 20.0 Å². The zero-order valence-electron chi connectivity index (χ0n) is 12.5. The van der Waals surface area contributed by atoms with Crippen molar-refractivity contribution in [3.05, 3.63) is 28.1 Å². The number of ether oxygens (including phenoxy) is 1. The van der Waals surface area contributed by atoms with Crippen LogP contribution in [0.2, 0.25) is 0 Å². The minimum atomic E-state index is -0.798. The summed E-state index contributed by atoms with van der Waals surface area (Å²) in [7, 11) is 3.00. The SMILES string of the molecule is CCCn1cc([N+](=O)[O-])cc1C(=O)N(C)CC(O)COC. The van der Waals surface area contributed by atoms with Gasteiger partial charge in [-0.15, -0.1) is 0 Å². The van der Waals surface area contributed by atoms with Crippen molar-refractivity contribution < 1.29 is 19.6 Å². The van der Waals surface area contributed by atoms with Crippen molar-refractivity contribution in [3.63, 3.8) is 0 Å². The highest BCUT2D eigenvalue weighted by Gasteiger charge is 2.22. The molecule has 1 atom stereocenters. The normalized spacial score (nSPS) is 12.2. The molecule has 1 aromatic rings. The molecule has 0 spiro atoms. The van der Waals surface area contributed by atoms with E-state index >= 15 is 0 Å². The molecule has 1 aromatic heterocycles. The van der Waals surface area contributed by atoms with Gasteiger partial charge in [0, 0.05) is 33.3 Å². The standard InChI is InChI=1S/C13H21N3O5/c1-4-5-15-7-10(16(19)20)6-12(15)13(18)14(2)8-11(17)9-21-3/h6-7,11,17H,4-5,8-9H2,1-3H3. The Balaban J connectivity index is 2.91. The van der Waals surface area contributed by atoms with E-state index in [1.807, 2.05) is 6.92 Å². The Morgan fingerprint density at radius 3 is 2.81 bits per heavy atom. The first-order chi connectivity index (χ1) is 9.90. The fourth-order valence-electron chi connectivity index (χ4n) is 2.04. The Morgan fingerprint density at radius 2 is 2.29 bits per heavy atom. The van der Waals surface area contributed by atoms with Crippen LogP contribution >= 0.6 is 0 Å². The van der Waals surface area contributed by atoms with Gasteiger partial charge < -0.3 is 19.3 Å². The highest BCUT2D eigenvalue weighted by molar-refractivity contribution is 5.93. The molecule has 1 amide bonds. The first-order valence-electron chi connectivity index (χ1n) is 6.67. The van der Waals surface area contributed by atoms with Gasteiger partial charge in [-0.3, -0.25) is 14.9 Å². The number of aryl methyl sites for hydroxylation is 1. The third-order valence-corrected chi connectivity index (χ3v) is 2.97. The van der Waals surface area contributed by atoms with Crippen molar-refractivity contribution in [1.29, 1.82) is 0 Å². The molecule has 0 radical (unpaired) electrons. The molecule has 1 N–H and O–H groups in total. The first kappa shape index (κ1) is 17.1. The molecule has 0 saturated heterocycles. The quantitative estimate of drug-likeness (QED) is 0.567. The van der Waals surface area contributed by atoms with E-state index in [0.717, 1.165) is 6.42 Å².